The van der Waals surface area contributed by atoms with Gasteiger partial charge in [-0.25, -0.2) is 9.18 Å². The van der Waals surface area contributed by atoms with Crippen molar-refractivity contribution in [3.05, 3.63) is 66.0 Å². The standard InChI is InChI=1S/C15H14FNO2/c1-15(14(18)19,12-9-5-6-10-13(12)16)17-11-7-3-2-4-8-11/h2-10,17H,1H3,(H,18,19). The maximum absolute atomic E-state index is 13.8. The van der Waals surface area contributed by atoms with E-state index in [0.29, 0.717) is 5.69 Å². The lowest BCUT2D eigenvalue weighted by molar-refractivity contribution is -0.142. The van der Waals surface area contributed by atoms with Gasteiger partial charge in [0, 0.05) is 11.3 Å². The summed E-state index contributed by atoms with van der Waals surface area (Å²) in [6.45, 7) is 1.45. The predicted molar refractivity (Wildman–Crippen MR) is 71.5 cm³/mol. The van der Waals surface area contributed by atoms with Crippen LogP contribution in [0.1, 0.15) is 12.5 Å². The molecule has 0 aliphatic carbocycles. The second-order valence-corrected chi connectivity index (χ2v) is 4.40. The number of nitrogens with one attached hydrogen (secondary N) is 1. The lowest BCUT2D eigenvalue weighted by atomic mass is 9.91. The van der Waals surface area contributed by atoms with Gasteiger partial charge in [-0.15, -0.1) is 0 Å². The van der Waals surface area contributed by atoms with E-state index in [0.717, 1.165) is 0 Å². The fourth-order valence-corrected chi connectivity index (χ4v) is 1.91. The van der Waals surface area contributed by atoms with Crippen molar-refractivity contribution in [2.75, 3.05) is 5.32 Å². The molecule has 0 amide bonds. The molecule has 1 atom stereocenters. The van der Waals surface area contributed by atoms with E-state index in [4.69, 9.17) is 0 Å². The quantitative estimate of drug-likeness (QED) is 0.886. The minimum atomic E-state index is -1.52. The lowest BCUT2D eigenvalue weighted by Gasteiger charge is -2.28. The molecule has 0 saturated carbocycles. The van der Waals surface area contributed by atoms with E-state index in [2.05, 4.69) is 5.32 Å². The Hall–Kier alpha value is -2.36. The lowest BCUT2D eigenvalue weighted by Crippen LogP contribution is -2.41. The summed E-state index contributed by atoms with van der Waals surface area (Å²) < 4.78 is 13.8. The van der Waals surface area contributed by atoms with Gasteiger partial charge in [0.25, 0.3) is 0 Å². The van der Waals surface area contributed by atoms with Crippen LogP contribution in [-0.2, 0) is 10.3 Å². The summed E-state index contributed by atoms with van der Waals surface area (Å²) in [5.41, 5.74) is -0.797. The van der Waals surface area contributed by atoms with E-state index in [9.17, 15) is 14.3 Å². The van der Waals surface area contributed by atoms with Gasteiger partial charge in [0.05, 0.1) is 0 Å². The second-order valence-electron chi connectivity index (χ2n) is 4.40. The van der Waals surface area contributed by atoms with Crippen molar-refractivity contribution in [3.63, 3.8) is 0 Å². The first kappa shape index (κ1) is 13.1. The van der Waals surface area contributed by atoms with Crippen molar-refractivity contribution in [2.24, 2.45) is 0 Å². The van der Waals surface area contributed by atoms with Crippen molar-refractivity contribution in [2.45, 2.75) is 12.5 Å². The minimum absolute atomic E-state index is 0.103. The highest BCUT2D eigenvalue weighted by molar-refractivity contribution is 5.84. The highest BCUT2D eigenvalue weighted by atomic mass is 19.1. The molecule has 4 heteroatoms. The monoisotopic (exact) mass is 259 g/mol. The molecule has 1 unspecified atom stereocenters. The number of carboxylic acid groups (broad SMARTS) is 1. The van der Waals surface area contributed by atoms with Gasteiger partial charge in [0.1, 0.15) is 5.82 Å². The van der Waals surface area contributed by atoms with Crippen LogP contribution < -0.4 is 5.32 Å². The SMILES string of the molecule is CC(Nc1ccccc1)(C(=O)O)c1ccccc1F. The first-order chi connectivity index (χ1) is 9.04. The third-order valence-corrected chi connectivity index (χ3v) is 3.01. The molecule has 0 aromatic heterocycles. The Morgan fingerprint density at radius 1 is 1.11 bits per heavy atom. The number of benzene rings is 2. The molecule has 0 bridgehead atoms. The Balaban J connectivity index is 2.45. The van der Waals surface area contributed by atoms with Crippen molar-refractivity contribution in [3.8, 4) is 0 Å². The van der Waals surface area contributed by atoms with Gasteiger partial charge in [-0.3, -0.25) is 0 Å². The number of carboxylic acids is 1. The molecule has 0 saturated heterocycles. The Labute approximate surface area is 110 Å². The summed E-state index contributed by atoms with van der Waals surface area (Å²) in [4.78, 5) is 11.5. The fraction of sp³-hybridized carbons (Fsp3) is 0.133. The number of rotatable bonds is 4. The Morgan fingerprint density at radius 3 is 2.26 bits per heavy atom. The van der Waals surface area contributed by atoms with E-state index >= 15 is 0 Å². The van der Waals surface area contributed by atoms with Crippen LogP contribution in [0.15, 0.2) is 54.6 Å². The third kappa shape index (κ3) is 2.57. The average molecular weight is 259 g/mol. The molecule has 19 heavy (non-hydrogen) atoms. The predicted octanol–water partition coefficient (Wildman–Crippen LogP) is 3.24. The van der Waals surface area contributed by atoms with Gasteiger partial charge in [0.2, 0.25) is 0 Å². The molecule has 0 fully saturated rings. The summed E-state index contributed by atoms with van der Waals surface area (Å²) in [5, 5.41) is 12.3. The molecular formula is C15H14FNO2. The first-order valence-corrected chi connectivity index (χ1v) is 5.85. The van der Waals surface area contributed by atoms with Gasteiger partial charge in [-0.2, -0.15) is 0 Å². The van der Waals surface area contributed by atoms with Crippen LogP contribution in [0.4, 0.5) is 10.1 Å². The Morgan fingerprint density at radius 2 is 1.68 bits per heavy atom. The number of hydrogen-bond donors (Lipinski definition) is 2. The zero-order valence-corrected chi connectivity index (χ0v) is 10.4. The molecule has 2 aromatic rings. The molecule has 2 N–H and O–H groups in total. The summed E-state index contributed by atoms with van der Waals surface area (Å²) >= 11 is 0. The Kier molecular flexibility index (Phi) is 3.51. The van der Waals surface area contributed by atoms with E-state index in [-0.39, 0.29) is 5.56 Å². The van der Waals surface area contributed by atoms with E-state index in [1.54, 1.807) is 30.3 Å². The van der Waals surface area contributed by atoms with Crippen molar-refractivity contribution < 1.29 is 14.3 Å². The fourth-order valence-electron chi connectivity index (χ4n) is 1.91. The molecular weight excluding hydrogens is 245 g/mol. The first-order valence-electron chi connectivity index (χ1n) is 5.85. The molecule has 2 aromatic carbocycles. The minimum Gasteiger partial charge on any atom is -0.479 e. The topological polar surface area (TPSA) is 49.3 Å². The van der Waals surface area contributed by atoms with Crippen LogP contribution >= 0.6 is 0 Å². The summed E-state index contributed by atoms with van der Waals surface area (Å²) in [6.07, 6.45) is 0. The largest absolute Gasteiger partial charge is 0.479 e. The molecule has 0 heterocycles. The molecule has 3 nitrogen and oxygen atoms in total. The number of para-hydroxylation sites is 1. The van der Waals surface area contributed by atoms with Crippen LogP contribution in [0.3, 0.4) is 0 Å². The van der Waals surface area contributed by atoms with Crippen LogP contribution in [0.2, 0.25) is 0 Å². The van der Waals surface area contributed by atoms with Crippen molar-refractivity contribution >= 4 is 11.7 Å². The van der Waals surface area contributed by atoms with E-state index in [1.165, 1.54) is 25.1 Å². The smallest absolute Gasteiger partial charge is 0.333 e. The average Bonchev–Trinajstić information content (AvgIpc) is 2.40. The molecule has 98 valence electrons. The van der Waals surface area contributed by atoms with Gasteiger partial charge < -0.3 is 10.4 Å². The van der Waals surface area contributed by atoms with Gasteiger partial charge >= 0.3 is 5.97 Å². The summed E-state index contributed by atoms with van der Waals surface area (Å²) in [5.74, 6) is -1.68. The third-order valence-electron chi connectivity index (χ3n) is 3.01. The highest BCUT2D eigenvalue weighted by Crippen LogP contribution is 2.28. The summed E-state index contributed by atoms with van der Waals surface area (Å²) in [7, 11) is 0. The van der Waals surface area contributed by atoms with Crippen molar-refractivity contribution in [1.82, 2.24) is 0 Å². The highest BCUT2D eigenvalue weighted by Gasteiger charge is 2.37. The van der Waals surface area contributed by atoms with Crippen molar-refractivity contribution in [1.29, 1.82) is 0 Å². The molecule has 2 rings (SSSR count). The number of halogens is 1. The summed E-state index contributed by atoms with van der Waals surface area (Å²) in [6, 6.07) is 14.7. The Bertz CT molecular complexity index is 586. The van der Waals surface area contributed by atoms with Gasteiger partial charge in [-0.05, 0) is 25.1 Å². The maximum Gasteiger partial charge on any atom is 0.333 e. The van der Waals surface area contributed by atoms with E-state index < -0.39 is 17.3 Å². The molecule has 0 spiro atoms. The molecule has 0 radical (unpaired) electrons. The van der Waals surface area contributed by atoms with Crippen LogP contribution in [0, 0.1) is 5.82 Å². The second kappa shape index (κ2) is 5.10. The van der Waals surface area contributed by atoms with Gasteiger partial charge in [0.15, 0.2) is 5.54 Å². The van der Waals surface area contributed by atoms with Gasteiger partial charge in [-0.1, -0.05) is 36.4 Å². The zero-order valence-electron chi connectivity index (χ0n) is 10.4. The molecule has 0 aliphatic rings. The normalized spacial score (nSPS) is 13.6. The van der Waals surface area contributed by atoms with E-state index in [1.807, 2.05) is 6.07 Å². The zero-order chi connectivity index (χ0) is 13.9. The van der Waals surface area contributed by atoms with Crippen LogP contribution in [-0.4, -0.2) is 11.1 Å². The van der Waals surface area contributed by atoms with Crippen LogP contribution in [0.5, 0.6) is 0 Å². The maximum atomic E-state index is 13.8. The number of aliphatic carboxylic acids is 1. The number of carbonyl (C=O) groups is 1. The number of anilines is 1. The molecule has 0 aliphatic heterocycles. The van der Waals surface area contributed by atoms with Crippen LogP contribution in [0.25, 0.3) is 0 Å². The number of hydrogen-bond acceptors (Lipinski definition) is 2.